The summed E-state index contributed by atoms with van der Waals surface area (Å²) >= 11 is 1.72. The van der Waals surface area contributed by atoms with Crippen LogP contribution in [0, 0.1) is 6.92 Å². The smallest absolute Gasteiger partial charge is 0.255 e. The van der Waals surface area contributed by atoms with E-state index in [2.05, 4.69) is 18.4 Å². The largest absolute Gasteiger partial charge is 0.398 e. The number of anilines is 1. The maximum Gasteiger partial charge on any atom is 0.255 e. The molecule has 1 aromatic heterocycles. The molecule has 2 aromatic rings. The monoisotopic (exact) mass is 288 g/mol. The molecule has 20 heavy (non-hydrogen) atoms. The van der Waals surface area contributed by atoms with Gasteiger partial charge in [-0.2, -0.15) is 0 Å². The quantitative estimate of drug-likeness (QED) is 0.877. The summed E-state index contributed by atoms with van der Waals surface area (Å²) in [6.07, 6.45) is 0.867. The van der Waals surface area contributed by atoms with Crippen LogP contribution < -0.4 is 5.73 Å². The highest BCUT2D eigenvalue weighted by Gasteiger charge is 2.20. The van der Waals surface area contributed by atoms with Crippen molar-refractivity contribution in [3.05, 3.63) is 51.7 Å². The molecule has 3 nitrogen and oxygen atoms in total. The first kappa shape index (κ1) is 14.6. The van der Waals surface area contributed by atoms with Gasteiger partial charge in [0.05, 0.1) is 5.56 Å². The molecule has 1 amide bonds. The van der Waals surface area contributed by atoms with Crippen LogP contribution in [0.5, 0.6) is 0 Å². The lowest BCUT2D eigenvalue weighted by Crippen LogP contribution is -2.36. The number of nitrogen functional groups attached to an aromatic ring is 1. The summed E-state index contributed by atoms with van der Waals surface area (Å²) in [5.41, 5.74) is 8.09. The highest BCUT2D eigenvalue weighted by molar-refractivity contribution is 7.09. The summed E-state index contributed by atoms with van der Waals surface area (Å²) in [5, 5.41) is 2.06. The van der Waals surface area contributed by atoms with Gasteiger partial charge in [0, 0.05) is 30.1 Å². The van der Waals surface area contributed by atoms with Gasteiger partial charge in [-0.1, -0.05) is 17.7 Å². The van der Waals surface area contributed by atoms with Crippen LogP contribution in [0.2, 0.25) is 0 Å². The lowest BCUT2D eigenvalue weighted by molar-refractivity contribution is 0.0745. The molecule has 0 spiro atoms. The molecule has 1 atom stereocenters. The van der Waals surface area contributed by atoms with E-state index in [4.69, 9.17) is 5.73 Å². The third-order valence-corrected chi connectivity index (χ3v) is 4.40. The number of likely N-dealkylation sites (N-methyl/N-ethyl adjacent to an activating group) is 1. The number of nitrogens with two attached hydrogens (primary N) is 1. The molecule has 0 aliphatic heterocycles. The van der Waals surface area contributed by atoms with Crippen molar-refractivity contribution in [2.24, 2.45) is 0 Å². The number of benzene rings is 1. The molecule has 0 saturated carbocycles. The fourth-order valence-electron chi connectivity index (χ4n) is 2.10. The Hall–Kier alpha value is -1.81. The first-order chi connectivity index (χ1) is 9.49. The molecular weight excluding hydrogens is 268 g/mol. The first-order valence-corrected chi connectivity index (χ1v) is 7.52. The van der Waals surface area contributed by atoms with Gasteiger partial charge in [-0.15, -0.1) is 11.3 Å². The molecule has 1 aromatic carbocycles. The number of hydrogen-bond acceptors (Lipinski definition) is 3. The second kappa shape index (κ2) is 6.09. The van der Waals surface area contributed by atoms with Gasteiger partial charge >= 0.3 is 0 Å². The van der Waals surface area contributed by atoms with E-state index in [0.29, 0.717) is 11.3 Å². The molecule has 1 unspecified atom stereocenters. The number of amides is 1. The lowest BCUT2D eigenvalue weighted by Gasteiger charge is -2.25. The van der Waals surface area contributed by atoms with Crippen molar-refractivity contribution in [3.8, 4) is 0 Å². The van der Waals surface area contributed by atoms with E-state index in [-0.39, 0.29) is 11.9 Å². The van der Waals surface area contributed by atoms with Gasteiger partial charge in [0.2, 0.25) is 0 Å². The molecule has 0 radical (unpaired) electrons. The van der Waals surface area contributed by atoms with Crippen molar-refractivity contribution in [2.45, 2.75) is 26.3 Å². The van der Waals surface area contributed by atoms with E-state index in [1.165, 1.54) is 4.88 Å². The van der Waals surface area contributed by atoms with E-state index in [9.17, 15) is 4.79 Å². The van der Waals surface area contributed by atoms with Crippen molar-refractivity contribution in [3.63, 3.8) is 0 Å². The van der Waals surface area contributed by atoms with Crippen LogP contribution in [0.25, 0.3) is 0 Å². The Morgan fingerprint density at radius 1 is 1.40 bits per heavy atom. The van der Waals surface area contributed by atoms with Crippen LogP contribution >= 0.6 is 11.3 Å². The van der Waals surface area contributed by atoms with E-state index >= 15 is 0 Å². The number of carbonyl (C=O) groups excluding carboxylic acids is 1. The summed E-state index contributed by atoms with van der Waals surface area (Å²) < 4.78 is 0. The maximum atomic E-state index is 12.5. The average Bonchev–Trinajstić information content (AvgIpc) is 2.92. The van der Waals surface area contributed by atoms with Gasteiger partial charge in [-0.05, 0) is 37.4 Å². The first-order valence-electron chi connectivity index (χ1n) is 6.64. The third kappa shape index (κ3) is 3.20. The number of nitrogens with zero attached hydrogens (tertiary/aromatic N) is 1. The number of thiophene rings is 1. The third-order valence-electron chi connectivity index (χ3n) is 3.50. The molecule has 2 rings (SSSR count). The molecule has 4 heteroatoms. The Balaban J connectivity index is 2.13. The second-order valence-corrected chi connectivity index (χ2v) is 6.17. The summed E-state index contributed by atoms with van der Waals surface area (Å²) in [6, 6.07) is 9.84. The normalized spacial score (nSPS) is 12.2. The highest BCUT2D eigenvalue weighted by Crippen LogP contribution is 2.19. The van der Waals surface area contributed by atoms with Crippen LogP contribution in [0.15, 0.2) is 35.7 Å². The minimum absolute atomic E-state index is 0.0183. The number of rotatable bonds is 4. The SMILES string of the molecule is Cc1ccc(N)c(C(=O)N(C)C(C)Cc2cccs2)c1. The topological polar surface area (TPSA) is 46.3 Å². The highest BCUT2D eigenvalue weighted by atomic mass is 32.1. The molecule has 0 aliphatic rings. The fourth-order valence-corrected chi connectivity index (χ4v) is 2.93. The zero-order valence-corrected chi connectivity index (χ0v) is 12.9. The van der Waals surface area contributed by atoms with E-state index in [0.717, 1.165) is 12.0 Å². The van der Waals surface area contributed by atoms with Gasteiger partial charge in [-0.3, -0.25) is 4.79 Å². The van der Waals surface area contributed by atoms with Gasteiger partial charge in [0.1, 0.15) is 0 Å². The lowest BCUT2D eigenvalue weighted by atomic mass is 10.1. The zero-order chi connectivity index (χ0) is 14.7. The number of hydrogen-bond donors (Lipinski definition) is 1. The molecule has 0 bridgehead atoms. The predicted octanol–water partition coefficient (Wildman–Crippen LogP) is 3.34. The fraction of sp³-hybridized carbons (Fsp3) is 0.312. The van der Waals surface area contributed by atoms with Crippen molar-refractivity contribution in [1.82, 2.24) is 4.90 Å². The summed E-state index contributed by atoms with van der Waals surface area (Å²) in [7, 11) is 1.84. The Kier molecular flexibility index (Phi) is 4.45. The second-order valence-electron chi connectivity index (χ2n) is 5.14. The van der Waals surface area contributed by atoms with Crippen LogP contribution in [0.1, 0.15) is 27.7 Å². The molecule has 1 heterocycles. The molecule has 106 valence electrons. The summed E-state index contributed by atoms with van der Waals surface area (Å²) in [4.78, 5) is 15.6. The van der Waals surface area contributed by atoms with E-state index < -0.39 is 0 Å². The molecule has 0 saturated heterocycles. The van der Waals surface area contributed by atoms with Crippen molar-refractivity contribution < 1.29 is 4.79 Å². The molecule has 2 N–H and O–H groups in total. The van der Waals surface area contributed by atoms with E-state index in [1.54, 1.807) is 22.3 Å². The van der Waals surface area contributed by atoms with E-state index in [1.807, 2.05) is 32.2 Å². The predicted molar refractivity (Wildman–Crippen MR) is 85.2 cm³/mol. The van der Waals surface area contributed by atoms with Crippen LogP contribution in [0.3, 0.4) is 0 Å². The minimum atomic E-state index is -0.0183. The standard InChI is InChI=1S/C16H20N2OS/c1-11-6-7-15(17)14(9-11)16(19)18(3)12(2)10-13-5-4-8-20-13/h4-9,12H,10,17H2,1-3H3. The summed E-state index contributed by atoms with van der Waals surface area (Å²) in [6.45, 7) is 4.02. The number of aryl methyl sites for hydroxylation is 1. The average molecular weight is 288 g/mol. The van der Waals surface area contributed by atoms with Crippen molar-refractivity contribution in [1.29, 1.82) is 0 Å². The van der Waals surface area contributed by atoms with Crippen LogP contribution in [-0.4, -0.2) is 23.9 Å². The van der Waals surface area contributed by atoms with Gasteiger partial charge in [-0.25, -0.2) is 0 Å². The Morgan fingerprint density at radius 2 is 2.15 bits per heavy atom. The maximum absolute atomic E-state index is 12.5. The van der Waals surface area contributed by atoms with Gasteiger partial charge < -0.3 is 10.6 Å². The van der Waals surface area contributed by atoms with Gasteiger partial charge in [0.25, 0.3) is 5.91 Å². The van der Waals surface area contributed by atoms with Gasteiger partial charge in [0.15, 0.2) is 0 Å². The Bertz CT molecular complexity index is 593. The molecule has 0 fully saturated rings. The van der Waals surface area contributed by atoms with Crippen LogP contribution in [-0.2, 0) is 6.42 Å². The Labute approximate surface area is 124 Å². The summed E-state index contributed by atoms with van der Waals surface area (Å²) in [5.74, 6) is -0.0183. The Morgan fingerprint density at radius 3 is 2.80 bits per heavy atom. The zero-order valence-electron chi connectivity index (χ0n) is 12.1. The van der Waals surface area contributed by atoms with Crippen molar-refractivity contribution >= 4 is 22.9 Å². The number of carbonyl (C=O) groups is 1. The molecule has 0 aliphatic carbocycles. The van der Waals surface area contributed by atoms with Crippen molar-refractivity contribution in [2.75, 3.05) is 12.8 Å². The minimum Gasteiger partial charge on any atom is -0.398 e. The molecular formula is C16H20N2OS. The van der Waals surface area contributed by atoms with Crippen LogP contribution in [0.4, 0.5) is 5.69 Å².